The fourth-order valence-electron chi connectivity index (χ4n) is 3.94. The number of imidazole rings is 1. The van der Waals surface area contributed by atoms with E-state index in [0.717, 1.165) is 30.5 Å². The highest BCUT2D eigenvalue weighted by atomic mass is 32.2. The van der Waals surface area contributed by atoms with E-state index >= 15 is 0 Å². The number of fused-ring (bicyclic) bond motifs is 1. The van der Waals surface area contributed by atoms with E-state index in [1.165, 1.54) is 11.8 Å². The van der Waals surface area contributed by atoms with Crippen molar-refractivity contribution in [3.05, 3.63) is 48.5 Å². The van der Waals surface area contributed by atoms with Crippen LogP contribution in [0.3, 0.4) is 0 Å². The highest BCUT2D eigenvalue weighted by Crippen LogP contribution is 2.28. The Labute approximate surface area is 193 Å². The molecule has 0 bridgehead atoms. The number of carbonyl (C=O) groups is 1. The van der Waals surface area contributed by atoms with Gasteiger partial charge in [-0.15, -0.1) is 0 Å². The first-order chi connectivity index (χ1) is 15.4. The number of thioether (sulfide) groups is 1. The van der Waals surface area contributed by atoms with Crippen LogP contribution >= 0.6 is 11.8 Å². The first kappa shape index (κ1) is 22.8. The summed E-state index contributed by atoms with van der Waals surface area (Å²) in [6.45, 7) is 3.84. The van der Waals surface area contributed by atoms with Crippen molar-refractivity contribution in [1.29, 1.82) is 0 Å². The van der Waals surface area contributed by atoms with E-state index in [1.807, 2.05) is 47.9 Å². The third-order valence-corrected chi connectivity index (χ3v) is 8.65. The van der Waals surface area contributed by atoms with Crippen LogP contribution in [-0.2, 0) is 21.4 Å². The Kier molecular flexibility index (Phi) is 6.88. The van der Waals surface area contributed by atoms with E-state index in [2.05, 4.69) is 4.98 Å². The molecule has 3 aromatic rings. The summed E-state index contributed by atoms with van der Waals surface area (Å²) in [4.78, 5) is 19.3. The van der Waals surface area contributed by atoms with Crippen molar-refractivity contribution < 1.29 is 13.2 Å². The van der Waals surface area contributed by atoms with Gasteiger partial charge in [0.2, 0.25) is 15.9 Å². The monoisotopic (exact) mass is 472 g/mol. The fourth-order valence-corrected chi connectivity index (χ4v) is 6.47. The van der Waals surface area contributed by atoms with Crippen LogP contribution in [-0.4, -0.2) is 54.1 Å². The molecular weight excluding hydrogens is 444 g/mol. The molecule has 1 fully saturated rings. The van der Waals surface area contributed by atoms with Gasteiger partial charge in [0.25, 0.3) is 0 Å². The van der Waals surface area contributed by atoms with Crippen molar-refractivity contribution in [3.8, 4) is 0 Å². The zero-order chi connectivity index (χ0) is 22.7. The van der Waals surface area contributed by atoms with Gasteiger partial charge in [0.1, 0.15) is 0 Å². The number of anilines is 1. The lowest BCUT2D eigenvalue weighted by molar-refractivity contribution is -0.115. The van der Waals surface area contributed by atoms with Crippen molar-refractivity contribution in [2.45, 2.75) is 42.8 Å². The zero-order valence-corrected chi connectivity index (χ0v) is 20.0. The highest BCUT2D eigenvalue weighted by Gasteiger charge is 2.27. The maximum atomic E-state index is 13.1. The van der Waals surface area contributed by atoms with Crippen LogP contribution in [0.5, 0.6) is 0 Å². The molecule has 1 aliphatic rings. The van der Waals surface area contributed by atoms with Crippen molar-refractivity contribution in [2.24, 2.45) is 0 Å². The summed E-state index contributed by atoms with van der Waals surface area (Å²) in [7, 11) is -1.75. The molecule has 0 unspecified atom stereocenters. The Bertz CT molecular complexity index is 1200. The predicted molar refractivity (Wildman–Crippen MR) is 129 cm³/mol. The Morgan fingerprint density at radius 1 is 1.09 bits per heavy atom. The molecule has 0 radical (unpaired) electrons. The summed E-state index contributed by atoms with van der Waals surface area (Å²) >= 11 is 1.37. The van der Waals surface area contributed by atoms with Gasteiger partial charge in [-0.1, -0.05) is 36.4 Å². The van der Waals surface area contributed by atoms with Gasteiger partial charge in [0.15, 0.2) is 5.16 Å². The van der Waals surface area contributed by atoms with Crippen molar-refractivity contribution in [3.63, 3.8) is 0 Å². The maximum Gasteiger partial charge on any atom is 0.243 e. The average molecular weight is 473 g/mol. The number of rotatable bonds is 7. The molecule has 4 rings (SSSR count). The molecule has 1 amide bonds. The molecule has 0 N–H and O–H groups in total. The van der Waals surface area contributed by atoms with Crippen molar-refractivity contribution in [2.75, 3.05) is 30.8 Å². The molecule has 1 saturated heterocycles. The van der Waals surface area contributed by atoms with Gasteiger partial charge in [-0.2, -0.15) is 4.31 Å². The smallest absolute Gasteiger partial charge is 0.243 e. The van der Waals surface area contributed by atoms with Crippen LogP contribution in [0.25, 0.3) is 11.0 Å². The van der Waals surface area contributed by atoms with Gasteiger partial charge in [0.05, 0.1) is 21.7 Å². The van der Waals surface area contributed by atoms with Gasteiger partial charge in [0, 0.05) is 32.4 Å². The highest BCUT2D eigenvalue weighted by molar-refractivity contribution is 7.99. The first-order valence-corrected chi connectivity index (χ1v) is 13.3. The summed E-state index contributed by atoms with van der Waals surface area (Å²) in [6, 6.07) is 14.7. The quantitative estimate of drug-likeness (QED) is 0.486. The van der Waals surface area contributed by atoms with Gasteiger partial charge < -0.3 is 9.47 Å². The van der Waals surface area contributed by atoms with Crippen LogP contribution in [0.4, 0.5) is 5.69 Å². The number of amides is 1. The van der Waals surface area contributed by atoms with E-state index in [0.29, 0.717) is 30.3 Å². The summed E-state index contributed by atoms with van der Waals surface area (Å²) < 4.78 is 29.7. The summed E-state index contributed by atoms with van der Waals surface area (Å²) in [6.07, 6.45) is 2.88. The average Bonchev–Trinajstić information content (AvgIpc) is 3.19. The number of carbonyl (C=O) groups excluding carboxylic acids is 1. The Morgan fingerprint density at radius 2 is 1.81 bits per heavy atom. The third-order valence-electron chi connectivity index (χ3n) is 5.80. The second-order valence-electron chi connectivity index (χ2n) is 7.83. The summed E-state index contributed by atoms with van der Waals surface area (Å²) in [5, 5.41) is 0.713. The molecular formula is C23H28N4O3S2. The number of aromatic nitrogens is 2. The zero-order valence-electron chi connectivity index (χ0n) is 18.4. The van der Waals surface area contributed by atoms with E-state index in [4.69, 9.17) is 0 Å². The SMILES string of the molecule is CCn1c(SCC(=O)N(C)c2ccccc2)nc2cc(S(=O)(=O)N3CCCCC3)ccc21. The molecule has 0 spiro atoms. The molecule has 1 aromatic heterocycles. The lowest BCUT2D eigenvalue weighted by Gasteiger charge is -2.25. The van der Waals surface area contributed by atoms with E-state index in [1.54, 1.807) is 28.4 Å². The van der Waals surface area contributed by atoms with Gasteiger partial charge in [-0.25, -0.2) is 13.4 Å². The number of sulfonamides is 1. The molecule has 2 heterocycles. The molecule has 2 aromatic carbocycles. The molecule has 0 aliphatic carbocycles. The molecule has 0 atom stereocenters. The van der Waals surface area contributed by atoms with Crippen LogP contribution in [0.1, 0.15) is 26.2 Å². The predicted octanol–water partition coefficient (Wildman–Crippen LogP) is 3.99. The Hall–Kier alpha value is -2.36. The standard InChI is InChI=1S/C23H28N4O3S2/c1-3-27-21-13-12-19(32(29,30)26-14-8-5-9-15-26)16-20(21)24-23(27)31-17-22(28)25(2)18-10-6-4-7-11-18/h4,6-7,10-13,16H,3,5,8-9,14-15,17H2,1-2H3. The van der Waals surface area contributed by atoms with E-state index in [-0.39, 0.29) is 16.6 Å². The van der Waals surface area contributed by atoms with Gasteiger partial charge in [-0.05, 0) is 50.1 Å². The number of hydrogen-bond acceptors (Lipinski definition) is 5. The van der Waals surface area contributed by atoms with Crippen molar-refractivity contribution >= 4 is 44.4 Å². The fraction of sp³-hybridized carbons (Fsp3) is 0.391. The molecule has 1 aliphatic heterocycles. The molecule has 170 valence electrons. The number of piperidine rings is 1. The molecule has 0 saturated carbocycles. The second kappa shape index (κ2) is 9.64. The van der Waals surface area contributed by atoms with Crippen molar-refractivity contribution in [1.82, 2.24) is 13.9 Å². The van der Waals surface area contributed by atoms with Gasteiger partial charge >= 0.3 is 0 Å². The van der Waals surface area contributed by atoms with Gasteiger partial charge in [-0.3, -0.25) is 4.79 Å². The maximum absolute atomic E-state index is 13.1. The lowest BCUT2D eigenvalue weighted by atomic mass is 10.2. The second-order valence-corrected chi connectivity index (χ2v) is 10.7. The molecule has 7 nitrogen and oxygen atoms in total. The number of hydrogen-bond donors (Lipinski definition) is 0. The number of aryl methyl sites for hydroxylation is 1. The summed E-state index contributed by atoms with van der Waals surface area (Å²) in [5.41, 5.74) is 2.35. The minimum Gasteiger partial charge on any atom is -0.319 e. The van der Waals surface area contributed by atoms with Crippen LogP contribution < -0.4 is 4.90 Å². The largest absolute Gasteiger partial charge is 0.319 e. The first-order valence-electron chi connectivity index (χ1n) is 10.9. The minimum absolute atomic E-state index is 0.0238. The Balaban J connectivity index is 1.55. The number of benzene rings is 2. The molecule has 9 heteroatoms. The lowest BCUT2D eigenvalue weighted by Crippen LogP contribution is -2.35. The molecule has 32 heavy (non-hydrogen) atoms. The Morgan fingerprint density at radius 3 is 2.50 bits per heavy atom. The third kappa shape index (κ3) is 4.55. The van der Waals surface area contributed by atoms with Crippen LogP contribution in [0.15, 0.2) is 58.6 Å². The normalized spacial score (nSPS) is 15.2. The minimum atomic E-state index is -3.51. The van der Waals surface area contributed by atoms with Crippen LogP contribution in [0.2, 0.25) is 0 Å². The van der Waals surface area contributed by atoms with Crippen LogP contribution in [0, 0.1) is 0 Å². The van der Waals surface area contributed by atoms with E-state index < -0.39 is 10.0 Å². The topological polar surface area (TPSA) is 75.5 Å². The van der Waals surface area contributed by atoms with E-state index in [9.17, 15) is 13.2 Å². The number of nitrogens with zero attached hydrogens (tertiary/aromatic N) is 4. The summed E-state index contributed by atoms with van der Waals surface area (Å²) in [5.74, 6) is 0.220. The number of para-hydroxylation sites is 1.